The monoisotopic (exact) mass is 479 g/mol. The highest BCUT2D eigenvalue weighted by molar-refractivity contribution is 7.82. The van der Waals surface area contributed by atoms with Crippen LogP contribution in [0.3, 0.4) is 0 Å². The lowest BCUT2D eigenvalue weighted by Crippen LogP contribution is -2.46. The van der Waals surface area contributed by atoms with Gasteiger partial charge >= 0.3 is 12.4 Å². The van der Waals surface area contributed by atoms with Crippen molar-refractivity contribution in [1.29, 1.82) is 0 Å². The van der Waals surface area contributed by atoms with E-state index in [-0.39, 0.29) is 24.7 Å². The third-order valence-electron chi connectivity index (χ3n) is 4.82. The van der Waals surface area contributed by atoms with Gasteiger partial charge in [-0.05, 0) is 42.7 Å². The van der Waals surface area contributed by atoms with Crippen molar-refractivity contribution in [1.82, 2.24) is 4.72 Å². The van der Waals surface area contributed by atoms with Crippen LogP contribution in [0.25, 0.3) is 0 Å². The normalized spacial score (nSPS) is 16.2. The number of rotatable bonds is 9. The van der Waals surface area contributed by atoms with E-state index in [0.29, 0.717) is 17.7 Å². The van der Waals surface area contributed by atoms with Crippen LogP contribution >= 0.6 is 0 Å². The molecule has 0 amide bonds. The summed E-state index contributed by atoms with van der Waals surface area (Å²) in [5, 5.41) is 0. The lowest BCUT2D eigenvalue weighted by atomic mass is 9.88. The highest BCUT2D eigenvalue weighted by Crippen LogP contribution is 2.38. The molecule has 2 rings (SSSR count). The zero-order chi connectivity index (χ0) is 24.2. The zero-order valence-electron chi connectivity index (χ0n) is 17.4. The van der Waals surface area contributed by atoms with E-state index in [2.05, 4.69) is 11.3 Å². The van der Waals surface area contributed by atoms with Gasteiger partial charge < -0.3 is 4.74 Å². The Kier molecular flexibility index (Phi) is 8.30. The third kappa shape index (κ3) is 6.66. The topological polar surface area (TPSA) is 38.3 Å². The second kappa shape index (κ2) is 10.2. The van der Waals surface area contributed by atoms with Crippen LogP contribution in [0.4, 0.5) is 26.3 Å². The Bertz CT molecular complexity index is 913. The summed E-state index contributed by atoms with van der Waals surface area (Å²) in [5.74, 6) is 0. The lowest BCUT2D eigenvalue weighted by molar-refractivity contribution is -0.143. The van der Waals surface area contributed by atoms with Crippen LogP contribution in [-0.4, -0.2) is 17.1 Å². The smallest absolute Gasteiger partial charge is 0.371 e. The van der Waals surface area contributed by atoms with Crippen molar-refractivity contribution in [2.45, 2.75) is 37.3 Å². The Morgan fingerprint density at radius 2 is 1.53 bits per heavy atom. The number of nitrogens with one attached hydrogen (secondary N) is 1. The van der Waals surface area contributed by atoms with Crippen LogP contribution in [0.15, 0.2) is 61.2 Å². The molecule has 0 radical (unpaired) electrons. The summed E-state index contributed by atoms with van der Waals surface area (Å²) in [6, 6.07) is 10.1. The van der Waals surface area contributed by atoms with Crippen LogP contribution < -0.4 is 4.72 Å². The number of hydrogen-bond donors (Lipinski definition) is 1. The Balaban J connectivity index is 2.42. The van der Waals surface area contributed by atoms with E-state index in [4.69, 9.17) is 4.74 Å². The van der Waals surface area contributed by atoms with Gasteiger partial charge in [-0.1, -0.05) is 36.4 Å². The molecule has 32 heavy (non-hydrogen) atoms. The standard InChI is InChI=1S/C22H23F6NO2S/c1-4-10-20(29-32(3)30,17-8-6-5-7-9-17)14-31-15(2)16-11-18(21(23,24)25)13-19(12-16)22(26,27)28/h4-9,11-13,15,29H,1,10,14H2,2-3H3/t15-,20-,32?/m1/s1. The molecule has 0 aliphatic rings. The van der Waals surface area contributed by atoms with Crippen molar-refractivity contribution in [3.05, 3.63) is 83.4 Å². The molecular formula is C22H23F6NO2S. The van der Waals surface area contributed by atoms with E-state index < -0.39 is 46.1 Å². The SMILES string of the molecule is C=CC[C@](CO[C@H](C)c1cc(C(F)(F)F)cc(C(F)(F)F)c1)(NS(C)=O)c1ccccc1. The molecule has 1 N–H and O–H groups in total. The maximum Gasteiger partial charge on any atom is 0.416 e. The van der Waals surface area contributed by atoms with Gasteiger partial charge in [0.1, 0.15) is 0 Å². The summed E-state index contributed by atoms with van der Waals surface area (Å²) < 4.78 is 99.7. The van der Waals surface area contributed by atoms with Crippen LogP contribution in [0.2, 0.25) is 0 Å². The summed E-state index contributed by atoms with van der Waals surface area (Å²) >= 11 is 0. The number of alkyl halides is 6. The van der Waals surface area contributed by atoms with Crippen LogP contribution in [0, 0.1) is 0 Å². The first-order chi connectivity index (χ1) is 14.8. The summed E-state index contributed by atoms with van der Waals surface area (Å²) in [6.45, 7) is 4.88. The number of halogens is 6. The van der Waals surface area contributed by atoms with Crippen LogP contribution in [-0.2, 0) is 33.6 Å². The molecule has 0 aliphatic carbocycles. The molecule has 0 aromatic heterocycles. The van der Waals surface area contributed by atoms with E-state index >= 15 is 0 Å². The van der Waals surface area contributed by atoms with Crippen molar-refractivity contribution in [3.8, 4) is 0 Å². The second-order valence-corrected chi connectivity index (χ2v) is 8.40. The molecule has 0 heterocycles. The Morgan fingerprint density at radius 3 is 1.97 bits per heavy atom. The van der Waals surface area contributed by atoms with Crippen molar-refractivity contribution in [3.63, 3.8) is 0 Å². The molecule has 3 nitrogen and oxygen atoms in total. The predicted octanol–water partition coefficient (Wildman–Crippen LogP) is 6.16. The summed E-state index contributed by atoms with van der Waals surface area (Å²) in [5.41, 5.74) is -3.46. The average molecular weight is 479 g/mol. The van der Waals surface area contributed by atoms with Crippen LogP contribution in [0.5, 0.6) is 0 Å². The average Bonchev–Trinajstić information content (AvgIpc) is 2.70. The van der Waals surface area contributed by atoms with E-state index in [1.165, 1.54) is 13.2 Å². The molecule has 0 bridgehead atoms. The van der Waals surface area contributed by atoms with Gasteiger partial charge in [-0.25, -0.2) is 8.93 Å². The molecule has 0 aliphatic heterocycles. The molecule has 0 saturated heterocycles. The van der Waals surface area contributed by atoms with Gasteiger partial charge in [0.05, 0.1) is 40.4 Å². The fraction of sp³-hybridized carbons (Fsp3) is 0.364. The summed E-state index contributed by atoms with van der Waals surface area (Å²) in [6.07, 6.45) is -7.79. The maximum absolute atomic E-state index is 13.2. The minimum atomic E-state index is -4.95. The first-order valence-corrected chi connectivity index (χ1v) is 11.0. The van der Waals surface area contributed by atoms with E-state index in [1.54, 1.807) is 36.4 Å². The fourth-order valence-electron chi connectivity index (χ4n) is 3.25. The second-order valence-electron chi connectivity index (χ2n) is 7.29. The zero-order valence-corrected chi connectivity index (χ0v) is 18.2. The maximum atomic E-state index is 13.2. The Hall–Kier alpha value is -2.17. The molecule has 10 heteroatoms. The molecule has 3 atom stereocenters. The number of benzene rings is 2. The highest BCUT2D eigenvalue weighted by Gasteiger charge is 2.38. The molecule has 176 valence electrons. The van der Waals surface area contributed by atoms with E-state index in [1.807, 2.05) is 0 Å². The molecule has 2 aromatic carbocycles. The highest BCUT2D eigenvalue weighted by atomic mass is 32.2. The van der Waals surface area contributed by atoms with Crippen molar-refractivity contribution >= 4 is 11.0 Å². The van der Waals surface area contributed by atoms with Gasteiger partial charge in [0.2, 0.25) is 0 Å². The van der Waals surface area contributed by atoms with Gasteiger partial charge in [-0.3, -0.25) is 0 Å². The van der Waals surface area contributed by atoms with E-state index in [9.17, 15) is 30.6 Å². The molecule has 2 aromatic rings. The van der Waals surface area contributed by atoms with Crippen molar-refractivity contribution in [2.24, 2.45) is 0 Å². The van der Waals surface area contributed by atoms with Gasteiger partial charge in [0.25, 0.3) is 0 Å². The van der Waals surface area contributed by atoms with Gasteiger partial charge in [0, 0.05) is 6.26 Å². The lowest BCUT2D eigenvalue weighted by Gasteiger charge is -2.34. The largest absolute Gasteiger partial charge is 0.416 e. The van der Waals surface area contributed by atoms with E-state index in [0.717, 1.165) is 0 Å². The van der Waals surface area contributed by atoms with Crippen LogP contribution in [0.1, 0.15) is 41.7 Å². The number of ether oxygens (including phenoxy) is 1. The molecule has 0 saturated carbocycles. The Morgan fingerprint density at radius 1 is 1.00 bits per heavy atom. The van der Waals surface area contributed by atoms with Gasteiger partial charge in [-0.15, -0.1) is 6.58 Å². The van der Waals surface area contributed by atoms with Gasteiger partial charge in [-0.2, -0.15) is 26.3 Å². The Labute approximate surface area is 185 Å². The first kappa shape index (κ1) is 26.1. The summed E-state index contributed by atoms with van der Waals surface area (Å²) in [4.78, 5) is 0. The minimum absolute atomic E-state index is 0.0734. The number of hydrogen-bond acceptors (Lipinski definition) is 2. The molecular weight excluding hydrogens is 456 g/mol. The molecule has 1 unspecified atom stereocenters. The minimum Gasteiger partial charge on any atom is -0.371 e. The fourth-order valence-corrected chi connectivity index (χ4v) is 4.06. The third-order valence-corrected chi connectivity index (χ3v) is 5.50. The summed E-state index contributed by atoms with van der Waals surface area (Å²) in [7, 11) is -1.50. The molecule has 0 fully saturated rings. The first-order valence-electron chi connectivity index (χ1n) is 9.47. The van der Waals surface area contributed by atoms with Crippen molar-refractivity contribution in [2.75, 3.05) is 12.9 Å². The van der Waals surface area contributed by atoms with Gasteiger partial charge in [0.15, 0.2) is 0 Å². The van der Waals surface area contributed by atoms with Crippen molar-refractivity contribution < 1.29 is 35.3 Å². The predicted molar refractivity (Wildman–Crippen MR) is 111 cm³/mol. The molecule has 0 spiro atoms. The quantitative estimate of drug-likeness (QED) is 0.346.